The molecule has 0 aromatic carbocycles. The van der Waals surface area contributed by atoms with Crippen LogP contribution in [-0.2, 0) is 6.54 Å². The van der Waals surface area contributed by atoms with Crippen LogP contribution in [0.1, 0.15) is 41.3 Å². The molecular formula is C14H23N3S. The lowest BCUT2D eigenvalue weighted by atomic mass is 9.98. The summed E-state index contributed by atoms with van der Waals surface area (Å²) in [4.78, 5) is 8.52. The van der Waals surface area contributed by atoms with E-state index in [-0.39, 0.29) is 0 Å². The molecular weight excluding hydrogens is 242 g/mol. The molecule has 2 bridgehead atoms. The van der Waals surface area contributed by atoms with E-state index in [1.165, 1.54) is 41.3 Å². The third kappa shape index (κ3) is 2.46. The zero-order chi connectivity index (χ0) is 12.7. The predicted molar refractivity (Wildman–Crippen MR) is 76.0 cm³/mol. The third-order valence-corrected chi connectivity index (χ3v) is 5.52. The summed E-state index contributed by atoms with van der Waals surface area (Å²) in [7, 11) is 2.28. The highest BCUT2D eigenvalue weighted by molar-refractivity contribution is 7.11. The van der Waals surface area contributed by atoms with Gasteiger partial charge >= 0.3 is 0 Å². The standard InChI is InChI=1S/C14H23N3S/c1-9-14(18-10(2)15-9)8-17(3)13-6-11-4-5-12(7-13)16-11/h11-13,16H,4-8H2,1-3H3. The van der Waals surface area contributed by atoms with Crippen molar-refractivity contribution < 1.29 is 0 Å². The molecule has 2 atom stereocenters. The molecule has 0 saturated carbocycles. The number of rotatable bonds is 3. The minimum absolute atomic E-state index is 0.755. The molecule has 0 aliphatic carbocycles. The Balaban J connectivity index is 1.64. The molecule has 0 spiro atoms. The maximum atomic E-state index is 4.53. The van der Waals surface area contributed by atoms with Crippen molar-refractivity contribution in [2.24, 2.45) is 0 Å². The molecule has 2 aliphatic heterocycles. The van der Waals surface area contributed by atoms with Gasteiger partial charge in [-0.1, -0.05) is 0 Å². The van der Waals surface area contributed by atoms with Crippen LogP contribution in [0.5, 0.6) is 0 Å². The summed E-state index contributed by atoms with van der Waals surface area (Å²) in [6.07, 6.45) is 5.41. The number of fused-ring (bicyclic) bond motifs is 2. The number of aryl methyl sites for hydroxylation is 2. The first-order valence-corrected chi connectivity index (χ1v) is 7.82. The molecule has 1 N–H and O–H groups in total. The number of nitrogens with one attached hydrogen (secondary N) is 1. The number of piperidine rings is 1. The predicted octanol–water partition coefficient (Wildman–Crippen LogP) is 2.47. The van der Waals surface area contributed by atoms with Crippen molar-refractivity contribution in [2.75, 3.05) is 7.05 Å². The fourth-order valence-corrected chi connectivity index (χ4v) is 4.46. The molecule has 0 radical (unpaired) electrons. The third-order valence-electron chi connectivity index (χ3n) is 4.46. The van der Waals surface area contributed by atoms with Crippen molar-refractivity contribution in [3.05, 3.63) is 15.6 Å². The normalized spacial score (nSPS) is 31.2. The van der Waals surface area contributed by atoms with Crippen LogP contribution in [0.15, 0.2) is 0 Å². The molecule has 2 fully saturated rings. The van der Waals surface area contributed by atoms with E-state index in [9.17, 15) is 0 Å². The lowest BCUT2D eigenvalue weighted by Crippen LogP contribution is -2.46. The van der Waals surface area contributed by atoms with E-state index in [2.05, 4.69) is 36.1 Å². The van der Waals surface area contributed by atoms with Crippen LogP contribution in [-0.4, -0.2) is 35.1 Å². The second-order valence-electron chi connectivity index (χ2n) is 5.92. The number of hydrogen-bond donors (Lipinski definition) is 1. The van der Waals surface area contributed by atoms with Gasteiger partial charge in [-0.05, 0) is 46.6 Å². The van der Waals surface area contributed by atoms with Gasteiger partial charge in [0.05, 0.1) is 10.7 Å². The quantitative estimate of drug-likeness (QED) is 0.910. The molecule has 3 nitrogen and oxygen atoms in total. The van der Waals surface area contributed by atoms with Gasteiger partial charge in [0, 0.05) is 29.5 Å². The molecule has 4 heteroatoms. The fraction of sp³-hybridized carbons (Fsp3) is 0.786. The highest BCUT2D eigenvalue weighted by atomic mass is 32.1. The summed E-state index contributed by atoms with van der Waals surface area (Å²) >= 11 is 1.86. The summed E-state index contributed by atoms with van der Waals surface area (Å²) in [5.74, 6) is 0. The summed E-state index contributed by atoms with van der Waals surface area (Å²) in [6, 6.07) is 2.31. The van der Waals surface area contributed by atoms with Crippen LogP contribution < -0.4 is 5.32 Å². The first kappa shape index (κ1) is 12.6. The molecule has 1 aromatic rings. The molecule has 2 aliphatic rings. The van der Waals surface area contributed by atoms with Crippen molar-refractivity contribution in [1.29, 1.82) is 0 Å². The Bertz CT molecular complexity index is 417. The Hall–Kier alpha value is -0.450. The number of thiazole rings is 1. The van der Waals surface area contributed by atoms with Crippen LogP contribution in [0.25, 0.3) is 0 Å². The molecule has 18 heavy (non-hydrogen) atoms. The molecule has 2 unspecified atom stereocenters. The molecule has 1 aromatic heterocycles. The Morgan fingerprint density at radius 1 is 1.28 bits per heavy atom. The maximum Gasteiger partial charge on any atom is 0.0900 e. The van der Waals surface area contributed by atoms with Crippen LogP contribution >= 0.6 is 11.3 Å². The van der Waals surface area contributed by atoms with Gasteiger partial charge in [-0.25, -0.2) is 4.98 Å². The molecule has 2 saturated heterocycles. The van der Waals surface area contributed by atoms with Gasteiger partial charge in [0.1, 0.15) is 0 Å². The number of nitrogens with zero attached hydrogens (tertiary/aromatic N) is 2. The lowest BCUT2D eigenvalue weighted by molar-refractivity contribution is 0.167. The largest absolute Gasteiger partial charge is 0.311 e. The fourth-order valence-electron chi connectivity index (χ4n) is 3.46. The van der Waals surface area contributed by atoms with Crippen LogP contribution in [0.2, 0.25) is 0 Å². The molecule has 100 valence electrons. The monoisotopic (exact) mass is 265 g/mol. The minimum atomic E-state index is 0.755. The van der Waals surface area contributed by atoms with Gasteiger partial charge in [-0.2, -0.15) is 0 Å². The van der Waals surface area contributed by atoms with Crippen molar-refractivity contribution >= 4 is 11.3 Å². The zero-order valence-corrected chi connectivity index (χ0v) is 12.4. The Morgan fingerprint density at radius 3 is 2.50 bits per heavy atom. The summed E-state index contributed by atoms with van der Waals surface area (Å²) in [5.41, 5.74) is 1.22. The smallest absolute Gasteiger partial charge is 0.0900 e. The highest BCUT2D eigenvalue weighted by Crippen LogP contribution is 2.30. The van der Waals surface area contributed by atoms with E-state index < -0.39 is 0 Å². The van der Waals surface area contributed by atoms with Gasteiger partial charge in [0.25, 0.3) is 0 Å². The number of hydrogen-bond acceptors (Lipinski definition) is 4. The highest BCUT2D eigenvalue weighted by Gasteiger charge is 2.35. The number of aromatic nitrogens is 1. The van der Waals surface area contributed by atoms with Gasteiger partial charge < -0.3 is 5.32 Å². The van der Waals surface area contributed by atoms with Crippen molar-refractivity contribution in [3.8, 4) is 0 Å². The van der Waals surface area contributed by atoms with Crippen molar-refractivity contribution in [1.82, 2.24) is 15.2 Å². The Labute approximate surface area is 114 Å². The van der Waals surface area contributed by atoms with Crippen molar-refractivity contribution in [2.45, 2.75) is 64.2 Å². The molecule has 3 rings (SSSR count). The molecule has 3 heterocycles. The topological polar surface area (TPSA) is 28.2 Å². The summed E-state index contributed by atoms with van der Waals surface area (Å²) in [5, 5.41) is 4.91. The first-order valence-electron chi connectivity index (χ1n) is 7.01. The van der Waals surface area contributed by atoms with E-state index in [0.29, 0.717) is 0 Å². The average molecular weight is 265 g/mol. The second kappa shape index (κ2) is 4.91. The van der Waals surface area contributed by atoms with Gasteiger partial charge in [0.15, 0.2) is 0 Å². The van der Waals surface area contributed by atoms with Crippen molar-refractivity contribution in [3.63, 3.8) is 0 Å². The van der Waals surface area contributed by atoms with Gasteiger partial charge in [-0.15, -0.1) is 11.3 Å². The maximum absolute atomic E-state index is 4.53. The van der Waals surface area contributed by atoms with Gasteiger partial charge in [0.2, 0.25) is 0 Å². The summed E-state index contributed by atoms with van der Waals surface area (Å²) < 4.78 is 0. The molecule has 0 amide bonds. The van der Waals surface area contributed by atoms with E-state index in [0.717, 1.165) is 24.7 Å². The lowest BCUT2D eigenvalue weighted by Gasteiger charge is -2.35. The van der Waals surface area contributed by atoms with E-state index in [4.69, 9.17) is 0 Å². The Kier molecular flexibility index (Phi) is 3.43. The second-order valence-corrected chi connectivity index (χ2v) is 7.21. The van der Waals surface area contributed by atoms with Crippen LogP contribution in [0.4, 0.5) is 0 Å². The van der Waals surface area contributed by atoms with Crippen LogP contribution in [0.3, 0.4) is 0 Å². The minimum Gasteiger partial charge on any atom is -0.311 e. The van der Waals surface area contributed by atoms with E-state index in [1.54, 1.807) is 0 Å². The Morgan fingerprint density at radius 2 is 1.94 bits per heavy atom. The zero-order valence-electron chi connectivity index (χ0n) is 11.6. The SMILES string of the molecule is Cc1nc(C)c(CN(C)C2CC3CCC(C2)N3)s1. The first-order chi connectivity index (χ1) is 8.61. The summed E-state index contributed by atoms with van der Waals surface area (Å²) in [6.45, 7) is 5.31. The van der Waals surface area contributed by atoms with Crippen LogP contribution in [0, 0.1) is 13.8 Å². The van der Waals surface area contributed by atoms with E-state index in [1.807, 2.05) is 11.3 Å². The van der Waals surface area contributed by atoms with Gasteiger partial charge in [-0.3, -0.25) is 4.90 Å². The van der Waals surface area contributed by atoms with E-state index >= 15 is 0 Å². The average Bonchev–Trinajstić information content (AvgIpc) is 2.82.